The van der Waals surface area contributed by atoms with E-state index in [4.69, 9.17) is 14.5 Å². The van der Waals surface area contributed by atoms with Crippen LogP contribution in [0.2, 0.25) is 0 Å². The van der Waals surface area contributed by atoms with E-state index in [1.165, 1.54) is 0 Å². The standard InChI is InChI=1S/C28H29N7O3/c1-28(21-16-34(2)35-14-13-18(17-37-3)15-23(21)35)33-32-27(38-28)31-25-26(36)29-22-12-8-7-11-20(22)24(30-25)19-9-5-4-6-10-19/h4-15,25,33H,16-17H2,1-3H3,(H,29,36)(H,31,32)/t25-,28?/m1/s1. The van der Waals surface area contributed by atoms with E-state index >= 15 is 0 Å². The maximum atomic E-state index is 13.2. The van der Waals surface area contributed by atoms with E-state index in [0.29, 0.717) is 24.6 Å². The van der Waals surface area contributed by atoms with Crippen LogP contribution >= 0.6 is 0 Å². The van der Waals surface area contributed by atoms with Crippen LogP contribution in [0.25, 0.3) is 0 Å². The number of nitrogens with one attached hydrogen (secondary N) is 3. The molecule has 1 unspecified atom stereocenters. The summed E-state index contributed by atoms with van der Waals surface area (Å²) in [7, 11) is 3.70. The van der Waals surface area contributed by atoms with Gasteiger partial charge in [-0.1, -0.05) is 48.5 Å². The van der Waals surface area contributed by atoms with E-state index in [2.05, 4.69) is 37.3 Å². The summed E-state index contributed by atoms with van der Waals surface area (Å²) in [5, 5.41) is 7.14. The van der Waals surface area contributed by atoms with Crippen molar-refractivity contribution in [3.05, 3.63) is 101 Å². The zero-order chi connectivity index (χ0) is 26.3. The fourth-order valence-electron chi connectivity index (χ4n) is 4.98. The van der Waals surface area contributed by atoms with Crippen molar-refractivity contribution in [1.82, 2.24) is 20.9 Å². The van der Waals surface area contributed by atoms with Crippen LogP contribution in [0, 0.1) is 0 Å². The third-order valence-electron chi connectivity index (χ3n) is 6.87. The predicted octanol–water partition coefficient (Wildman–Crippen LogP) is 2.52. The minimum Gasteiger partial charge on any atom is -0.437 e. The number of likely N-dealkylation sites (N-methyl/N-ethyl adjacent to an activating group) is 1. The fraction of sp³-hybridized carbons (Fsp3) is 0.250. The molecule has 0 aliphatic carbocycles. The molecule has 10 nitrogen and oxygen atoms in total. The number of benzodiazepines with no additional fused rings is 1. The average molecular weight is 512 g/mol. The number of fused-ring (bicyclic) bond motifs is 2. The number of ether oxygens (including phenoxy) is 2. The zero-order valence-electron chi connectivity index (χ0n) is 21.4. The van der Waals surface area contributed by atoms with Crippen LogP contribution in [0.15, 0.2) is 99.8 Å². The number of amidine groups is 1. The van der Waals surface area contributed by atoms with Crippen LogP contribution in [0.5, 0.6) is 0 Å². The molecular formula is C28H29N7O3. The second kappa shape index (κ2) is 9.56. The molecule has 194 valence electrons. The van der Waals surface area contributed by atoms with Gasteiger partial charge in [-0.2, -0.15) is 10.4 Å². The second-order valence-electron chi connectivity index (χ2n) is 9.56. The summed E-state index contributed by atoms with van der Waals surface area (Å²) in [5.74, 6) is -0.340. The van der Waals surface area contributed by atoms with Gasteiger partial charge in [0.05, 0.1) is 23.7 Å². The van der Waals surface area contributed by atoms with E-state index in [1.807, 2.05) is 80.8 Å². The lowest BCUT2D eigenvalue weighted by Gasteiger charge is -2.27. The molecule has 4 aliphatic heterocycles. The molecule has 0 bridgehead atoms. The normalized spacial score (nSPS) is 25.8. The molecule has 4 aliphatic rings. The van der Waals surface area contributed by atoms with E-state index in [0.717, 1.165) is 28.0 Å². The van der Waals surface area contributed by atoms with Gasteiger partial charge in [0, 0.05) is 43.6 Å². The number of para-hydroxylation sites is 1. The highest BCUT2D eigenvalue weighted by atomic mass is 16.6. The van der Waals surface area contributed by atoms with Crippen LogP contribution < -0.4 is 16.2 Å². The van der Waals surface area contributed by atoms with Crippen LogP contribution in [0.3, 0.4) is 0 Å². The van der Waals surface area contributed by atoms with E-state index < -0.39 is 11.9 Å². The molecule has 0 radical (unpaired) electrons. The number of nitrogens with zero attached hydrogens (tertiary/aromatic N) is 4. The molecule has 10 heteroatoms. The lowest BCUT2D eigenvalue weighted by molar-refractivity contribution is -0.117. The number of methoxy groups -OCH3 is 1. The van der Waals surface area contributed by atoms with Gasteiger partial charge in [0.1, 0.15) is 0 Å². The Bertz CT molecular complexity index is 1430. The Kier molecular flexibility index (Phi) is 6.07. The molecular weight excluding hydrogens is 482 g/mol. The van der Waals surface area contributed by atoms with E-state index in [9.17, 15) is 4.79 Å². The van der Waals surface area contributed by atoms with Crippen molar-refractivity contribution in [2.75, 3.05) is 32.6 Å². The summed E-state index contributed by atoms with van der Waals surface area (Å²) in [6.07, 6.45) is 5.11. The molecule has 2 aromatic rings. The molecule has 3 N–H and O–H groups in total. The summed E-state index contributed by atoms with van der Waals surface area (Å²) in [5.41, 5.74) is 11.6. The first-order valence-corrected chi connectivity index (χ1v) is 12.4. The SMILES string of the molecule is COCC1=CC2=C(C3(C)NN/C(=N\[C@H]4N=C(c5ccccc5)c5ccccc5NC4=O)O3)CN(C)N2C=C1. The Morgan fingerprint density at radius 1 is 1.18 bits per heavy atom. The number of hydrogen-bond acceptors (Lipinski definition) is 8. The first-order valence-electron chi connectivity index (χ1n) is 12.4. The fourth-order valence-corrected chi connectivity index (χ4v) is 4.98. The van der Waals surface area contributed by atoms with Gasteiger partial charge >= 0.3 is 6.02 Å². The molecule has 0 aromatic heterocycles. The zero-order valence-corrected chi connectivity index (χ0v) is 21.4. The van der Waals surface area contributed by atoms with Gasteiger partial charge < -0.3 is 14.8 Å². The maximum absolute atomic E-state index is 13.2. The topological polar surface area (TPSA) is 103 Å². The number of allylic oxidation sites excluding steroid dienone is 1. The highest BCUT2D eigenvalue weighted by Crippen LogP contribution is 2.36. The first-order chi connectivity index (χ1) is 18.4. The average Bonchev–Trinajstić information content (AvgIpc) is 3.43. The molecule has 6 rings (SSSR count). The number of anilines is 1. The molecule has 1 saturated heterocycles. The maximum Gasteiger partial charge on any atom is 0.304 e. The molecule has 38 heavy (non-hydrogen) atoms. The van der Waals surface area contributed by atoms with Gasteiger partial charge in [-0.05, 0) is 30.7 Å². The Balaban J connectivity index is 1.33. The minimum atomic E-state index is -1.05. The number of rotatable bonds is 5. The number of benzene rings is 2. The number of hydrogen-bond donors (Lipinski definition) is 3. The van der Waals surface area contributed by atoms with Gasteiger partial charge in [0.15, 0.2) is 0 Å². The van der Waals surface area contributed by atoms with Crippen molar-refractivity contribution >= 4 is 23.3 Å². The third-order valence-corrected chi connectivity index (χ3v) is 6.87. The predicted molar refractivity (Wildman–Crippen MR) is 145 cm³/mol. The van der Waals surface area contributed by atoms with Gasteiger partial charge in [-0.25, -0.2) is 10.0 Å². The van der Waals surface area contributed by atoms with E-state index in [-0.39, 0.29) is 11.9 Å². The molecule has 2 atom stereocenters. The highest BCUT2D eigenvalue weighted by molar-refractivity contribution is 6.19. The summed E-state index contributed by atoms with van der Waals surface area (Å²) < 4.78 is 11.6. The minimum absolute atomic E-state index is 0.191. The van der Waals surface area contributed by atoms with Gasteiger partial charge in [-0.3, -0.25) is 15.2 Å². The number of carbonyl (C=O) groups is 1. The van der Waals surface area contributed by atoms with Crippen LogP contribution in [0.1, 0.15) is 18.1 Å². The molecule has 0 saturated carbocycles. The Hall–Kier alpha value is -4.25. The quantitative estimate of drug-likeness (QED) is 0.567. The lowest BCUT2D eigenvalue weighted by atomic mass is 10.0. The molecule has 1 amide bonds. The summed E-state index contributed by atoms with van der Waals surface area (Å²) in [6.45, 7) is 3.10. The third kappa shape index (κ3) is 4.28. The smallest absolute Gasteiger partial charge is 0.304 e. The highest BCUT2D eigenvalue weighted by Gasteiger charge is 2.45. The Morgan fingerprint density at radius 2 is 1.97 bits per heavy atom. The summed E-state index contributed by atoms with van der Waals surface area (Å²) in [6, 6.07) is 17.6. The number of aliphatic imine (C=N–C) groups is 2. The number of hydrazine groups is 2. The largest absolute Gasteiger partial charge is 0.437 e. The van der Waals surface area contributed by atoms with E-state index in [1.54, 1.807) is 7.11 Å². The van der Waals surface area contributed by atoms with Crippen LogP contribution in [-0.2, 0) is 14.3 Å². The van der Waals surface area contributed by atoms with Crippen molar-refractivity contribution in [3.63, 3.8) is 0 Å². The monoisotopic (exact) mass is 511 g/mol. The first kappa shape index (κ1) is 24.1. The second-order valence-corrected chi connectivity index (χ2v) is 9.56. The van der Waals surface area contributed by atoms with Crippen molar-refractivity contribution in [2.45, 2.75) is 18.8 Å². The molecule has 4 heterocycles. The Morgan fingerprint density at radius 3 is 2.79 bits per heavy atom. The lowest BCUT2D eigenvalue weighted by Crippen LogP contribution is -2.45. The van der Waals surface area contributed by atoms with Crippen molar-refractivity contribution in [2.24, 2.45) is 9.98 Å². The van der Waals surface area contributed by atoms with Gasteiger partial charge in [-0.15, -0.1) is 0 Å². The van der Waals surface area contributed by atoms with Crippen molar-refractivity contribution in [3.8, 4) is 0 Å². The summed E-state index contributed by atoms with van der Waals surface area (Å²) in [4.78, 5) is 22.6. The molecule has 0 spiro atoms. The van der Waals surface area contributed by atoms with Crippen molar-refractivity contribution in [1.29, 1.82) is 0 Å². The van der Waals surface area contributed by atoms with Crippen LogP contribution in [-0.4, -0.2) is 66.9 Å². The number of carbonyl (C=O) groups excluding carboxylic acids is 1. The number of amides is 1. The molecule has 2 aromatic carbocycles. The molecule has 1 fully saturated rings. The summed E-state index contributed by atoms with van der Waals surface area (Å²) >= 11 is 0. The van der Waals surface area contributed by atoms with Gasteiger partial charge in [0.25, 0.3) is 5.91 Å². The Labute approximate surface area is 221 Å². The van der Waals surface area contributed by atoms with Gasteiger partial charge in [0.2, 0.25) is 11.9 Å². The van der Waals surface area contributed by atoms with Crippen molar-refractivity contribution < 1.29 is 14.3 Å². The van der Waals surface area contributed by atoms with Crippen LogP contribution in [0.4, 0.5) is 5.69 Å².